The van der Waals surface area contributed by atoms with Crippen molar-refractivity contribution in [3.05, 3.63) is 248 Å². The van der Waals surface area contributed by atoms with E-state index in [-0.39, 0.29) is 5.41 Å². The lowest BCUT2D eigenvalue weighted by Gasteiger charge is -2.21. The van der Waals surface area contributed by atoms with Crippen molar-refractivity contribution in [2.45, 2.75) is 39.5 Å². The van der Waals surface area contributed by atoms with Gasteiger partial charge in [0.25, 0.3) is 0 Å². The first-order valence-corrected chi connectivity index (χ1v) is 26.3. The highest BCUT2D eigenvalue weighted by atomic mass is 16.3. The SMILES string of the molecule is C=Cc1coc2cc(-c3nc(-c4ccccc4)nc(-c4cccc(-c5cccc(-n6c7ccc8ccccc8c7c7cccc(-c8cccc(-c9ccc%10c(c9)-c9ccccc9C%10(C)C)c8)c76)c5)c4)n3)ccc12.CCC. The van der Waals surface area contributed by atoms with Crippen LogP contribution in [0.4, 0.5) is 0 Å². The van der Waals surface area contributed by atoms with Crippen LogP contribution in [0, 0.1) is 0 Å². The Hall–Kier alpha value is -9.45. The van der Waals surface area contributed by atoms with Crippen LogP contribution in [0.5, 0.6) is 0 Å². The minimum absolute atomic E-state index is 0.0429. The molecule has 0 spiro atoms. The van der Waals surface area contributed by atoms with E-state index >= 15 is 0 Å². The van der Waals surface area contributed by atoms with Crippen molar-refractivity contribution >= 4 is 49.6 Å². The number of rotatable bonds is 8. The molecule has 0 radical (unpaired) electrons. The molecular formula is C71H54N4O. The van der Waals surface area contributed by atoms with Crippen LogP contribution in [-0.2, 0) is 5.41 Å². The first kappa shape index (κ1) is 46.3. The Bertz CT molecular complexity index is 4400. The van der Waals surface area contributed by atoms with Crippen molar-refractivity contribution in [1.82, 2.24) is 19.5 Å². The fraction of sp³-hybridized carbons (Fsp3) is 0.0845. The van der Waals surface area contributed by atoms with E-state index in [1.165, 1.54) is 78.0 Å². The zero-order chi connectivity index (χ0) is 51.5. The van der Waals surface area contributed by atoms with Gasteiger partial charge in [0.05, 0.1) is 17.3 Å². The van der Waals surface area contributed by atoms with Crippen LogP contribution in [0.25, 0.3) is 134 Å². The Morgan fingerprint density at radius 2 is 1.03 bits per heavy atom. The van der Waals surface area contributed by atoms with Gasteiger partial charge in [0.15, 0.2) is 17.5 Å². The molecule has 0 N–H and O–H groups in total. The average Bonchev–Trinajstić information content (AvgIpc) is 4.23. The molecule has 1 aliphatic carbocycles. The molecule has 76 heavy (non-hydrogen) atoms. The van der Waals surface area contributed by atoms with Gasteiger partial charge in [-0.25, -0.2) is 15.0 Å². The van der Waals surface area contributed by atoms with Crippen LogP contribution in [-0.4, -0.2) is 19.5 Å². The summed E-state index contributed by atoms with van der Waals surface area (Å²) in [5.41, 5.74) is 20.0. The lowest BCUT2D eigenvalue weighted by molar-refractivity contribution is 0.615. The fourth-order valence-corrected chi connectivity index (χ4v) is 11.5. The maximum Gasteiger partial charge on any atom is 0.164 e. The molecule has 0 atom stereocenters. The fourth-order valence-electron chi connectivity index (χ4n) is 11.5. The van der Waals surface area contributed by atoms with Crippen LogP contribution in [0.2, 0.25) is 0 Å². The summed E-state index contributed by atoms with van der Waals surface area (Å²) in [6.45, 7) is 12.9. The van der Waals surface area contributed by atoms with Gasteiger partial charge in [0.2, 0.25) is 0 Å². The van der Waals surface area contributed by atoms with Gasteiger partial charge < -0.3 is 8.98 Å². The number of aromatic nitrogens is 4. The van der Waals surface area contributed by atoms with Crippen molar-refractivity contribution in [2.75, 3.05) is 0 Å². The number of para-hydroxylation sites is 1. The van der Waals surface area contributed by atoms with E-state index in [4.69, 9.17) is 19.4 Å². The molecule has 5 nitrogen and oxygen atoms in total. The van der Waals surface area contributed by atoms with E-state index in [2.05, 4.69) is 209 Å². The molecule has 14 rings (SSSR count). The highest BCUT2D eigenvalue weighted by Gasteiger charge is 2.35. The van der Waals surface area contributed by atoms with E-state index < -0.39 is 0 Å². The minimum atomic E-state index is -0.0429. The molecular weight excluding hydrogens is 925 g/mol. The Morgan fingerprint density at radius 1 is 0.461 bits per heavy atom. The summed E-state index contributed by atoms with van der Waals surface area (Å²) in [5.74, 6) is 1.75. The third-order valence-electron chi connectivity index (χ3n) is 15.1. The van der Waals surface area contributed by atoms with Crippen LogP contribution < -0.4 is 0 Å². The second kappa shape index (κ2) is 18.8. The summed E-state index contributed by atoms with van der Waals surface area (Å²) in [4.78, 5) is 15.2. The first-order valence-electron chi connectivity index (χ1n) is 26.3. The van der Waals surface area contributed by atoms with E-state index in [0.29, 0.717) is 17.5 Å². The molecule has 3 heterocycles. The highest BCUT2D eigenvalue weighted by Crippen LogP contribution is 2.50. The summed E-state index contributed by atoms with van der Waals surface area (Å²) in [5, 5.41) is 5.90. The summed E-state index contributed by atoms with van der Waals surface area (Å²) in [6, 6.07) is 78.7. The van der Waals surface area contributed by atoms with Gasteiger partial charge in [0, 0.05) is 55.1 Å². The molecule has 364 valence electrons. The van der Waals surface area contributed by atoms with Crippen LogP contribution in [0.1, 0.15) is 50.8 Å². The van der Waals surface area contributed by atoms with Gasteiger partial charge >= 0.3 is 0 Å². The van der Waals surface area contributed by atoms with Crippen molar-refractivity contribution in [2.24, 2.45) is 0 Å². The molecule has 5 heteroatoms. The normalized spacial score (nSPS) is 12.4. The van der Waals surface area contributed by atoms with E-state index in [1.807, 2.05) is 48.5 Å². The van der Waals surface area contributed by atoms with Crippen LogP contribution in [0.15, 0.2) is 236 Å². The van der Waals surface area contributed by atoms with E-state index in [0.717, 1.165) is 55.6 Å². The summed E-state index contributed by atoms with van der Waals surface area (Å²) in [7, 11) is 0. The molecule has 3 aromatic heterocycles. The smallest absolute Gasteiger partial charge is 0.164 e. The molecule has 13 aromatic rings. The lowest BCUT2D eigenvalue weighted by atomic mass is 9.82. The van der Waals surface area contributed by atoms with E-state index in [1.54, 1.807) is 12.3 Å². The van der Waals surface area contributed by atoms with Crippen molar-refractivity contribution in [3.8, 4) is 84.4 Å². The third kappa shape index (κ3) is 7.82. The van der Waals surface area contributed by atoms with Gasteiger partial charge in [-0.1, -0.05) is 217 Å². The summed E-state index contributed by atoms with van der Waals surface area (Å²) < 4.78 is 8.40. The van der Waals surface area contributed by atoms with Gasteiger partial charge in [0.1, 0.15) is 5.58 Å². The van der Waals surface area contributed by atoms with Crippen molar-refractivity contribution in [3.63, 3.8) is 0 Å². The molecule has 0 unspecified atom stereocenters. The van der Waals surface area contributed by atoms with Gasteiger partial charge in [-0.2, -0.15) is 0 Å². The molecule has 10 aromatic carbocycles. The molecule has 1 aliphatic rings. The van der Waals surface area contributed by atoms with Gasteiger partial charge in [-0.05, 0) is 109 Å². The van der Waals surface area contributed by atoms with Crippen LogP contribution in [0.3, 0.4) is 0 Å². The summed E-state index contributed by atoms with van der Waals surface area (Å²) in [6.07, 6.45) is 4.78. The quantitative estimate of drug-likeness (QED) is 0.152. The number of fused-ring (bicyclic) bond motifs is 9. The first-order chi connectivity index (χ1) is 37.3. The second-order valence-electron chi connectivity index (χ2n) is 20.3. The van der Waals surface area contributed by atoms with E-state index in [9.17, 15) is 0 Å². The maximum absolute atomic E-state index is 5.93. The molecule has 0 saturated carbocycles. The predicted molar refractivity (Wildman–Crippen MR) is 318 cm³/mol. The number of nitrogens with zero attached hydrogens (tertiary/aromatic N) is 4. The van der Waals surface area contributed by atoms with Crippen molar-refractivity contribution < 1.29 is 4.42 Å². The Kier molecular flexibility index (Phi) is 11.5. The Labute approximate surface area is 443 Å². The van der Waals surface area contributed by atoms with Gasteiger partial charge in [-0.3, -0.25) is 0 Å². The number of benzene rings is 10. The predicted octanol–water partition coefficient (Wildman–Crippen LogP) is 19.2. The average molecular weight is 979 g/mol. The van der Waals surface area contributed by atoms with Gasteiger partial charge in [-0.15, -0.1) is 0 Å². The third-order valence-corrected chi connectivity index (χ3v) is 15.1. The topological polar surface area (TPSA) is 56.7 Å². The molecule has 0 saturated heterocycles. The summed E-state index contributed by atoms with van der Waals surface area (Å²) >= 11 is 0. The zero-order valence-electron chi connectivity index (χ0n) is 43.1. The molecule has 0 amide bonds. The lowest BCUT2D eigenvalue weighted by Crippen LogP contribution is -2.14. The second-order valence-corrected chi connectivity index (χ2v) is 20.3. The Balaban J connectivity index is 0.00000180. The standard InChI is InChI=1S/C68H46N4O.C3H8/c1-4-42-41-73-62-40-51(30-33-53(42)62)67-70-65(44-17-6-5-7-18-44)69-66(71-67)50-23-13-20-46(37-50)47-21-14-24-52(38-47)72-61-35-32-43-16-8-9-25-54(43)63(61)57-28-15-27-55(64(57)72)49-22-12-19-45(36-49)48-31-34-60-58(39-48)56-26-10-11-29-59(56)68(60,2)3;1-3-2/h4-41H,1H2,2-3H3;3H2,1-2H3. The Morgan fingerprint density at radius 3 is 1.82 bits per heavy atom. The largest absolute Gasteiger partial charge is 0.464 e. The van der Waals surface area contributed by atoms with Crippen LogP contribution >= 0.6 is 0 Å². The molecule has 0 fully saturated rings. The minimum Gasteiger partial charge on any atom is -0.464 e. The highest BCUT2D eigenvalue weighted by molar-refractivity contribution is 6.23. The zero-order valence-corrected chi connectivity index (χ0v) is 43.1. The number of hydrogen-bond acceptors (Lipinski definition) is 4. The molecule has 0 aliphatic heterocycles. The maximum atomic E-state index is 5.93. The van der Waals surface area contributed by atoms with Crippen molar-refractivity contribution in [1.29, 1.82) is 0 Å². The monoisotopic (exact) mass is 978 g/mol. The number of hydrogen-bond donors (Lipinski definition) is 0. The number of furan rings is 1. The molecule has 0 bridgehead atoms.